The van der Waals surface area contributed by atoms with E-state index in [2.05, 4.69) is 48.1 Å². The second kappa shape index (κ2) is 22.4. The molecule has 0 aliphatic heterocycles. The Bertz CT molecular complexity index is 3060. The molecule has 2 saturated carbocycles. The topological polar surface area (TPSA) is 207 Å². The van der Waals surface area contributed by atoms with Gasteiger partial charge in [0.1, 0.15) is 24.7 Å². The summed E-state index contributed by atoms with van der Waals surface area (Å²) in [5.74, 6) is 2.43. The van der Waals surface area contributed by atoms with Crippen molar-refractivity contribution in [1.29, 1.82) is 0 Å². The number of aliphatic hydroxyl groups excluding tert-OH is 4. The summed E-state index contributed by atoms with van der Waals surface area (Å²) < 4.78 is 29.1. The Balaban J connectivity index is 0.000000186. The Morgan fingerprint density at radius 1 is 0.579 bits per heavy atom. The van der Waals surface area contributed by atoms with Crippen molar-refractivity contribution in [3.63, 3.8) is 0 Å². The Kier molecular flexibility index (Phi) is 15.9. The van der Waals surface area contributed by atoms with E-state index in [1.165, 1.54) is 5.56 Å². The van der Waals surface area contributed by atoms with E-state index < -0.39 is 16.8 Å². The van der Waals surface area contributed by atoms with E-state index in [1.54, 1.807) is 20.0 Å². The fraction of sp³-hybridized carbons (Fsp3) is 0.419. The second-order valence-corrected chi connectivity index (χ2v) is 22.0. The number of esters is 1. The zero-order chi connectivity index (χ0) is 54.1. The average Bonchev–Trinajstić information content (AvgIpc) is 4.37. The van der Waals surface area contributed by atoms with Crippen LogP contribution < -0.4 is 18.9 Å². The molecule has 0 amide bonds. The van der Waals surface area contributed by atoms with Crippen molar-refractivity contribution in [3.05, 3.63) is 153 Å². The number of hydrogen-bond donors (Lipinski definition) is 5. The fourth-order valence-electron chi connectivity index (χ4n) is 11.3. The van der Waals surface area contributed by atoms with Crippen LogP contribution in [0.15, 0.2) is 97.3 Å². The van der Waals surface area contributed by atoms with Gasteiger partial charge in [-0.05, 0) is 174 Å². The highest BCUT2D eigenvalue weighted by atomic mass is 16.5. The monoisotopic (exact) mass is 1030 g/mol. The molecule has 6 aromatic rings. The third kappa shape index (κ3) is 11.5. The quantitative estimate of drug-likeness (QED) is 0.0427. The number of fused-ring (bicyclic) bond motifs is 6. The molecule has 4 aliphatic rings. The highest BCUT2D eigenvalue weighted by Gasteiger charge is 2.61. The van der Waals surface area contributed by atoms with Crippen molar-refractivity contribution in [2.24, 2.45) is 34.5 Å². The molecule has 2 aromatic heterocycles. The van der Waals surface area contributed by atoms with Crippen LogP contribution in [0.4, 0.5) is 0 Å². The third-order valence-corrected chi connectivity index (χ3v) is 15.7. The van der Waals surface area contributed by atoms with Gasteiger partial charge in [-0.3, -0.25) is 9.59 Å². The van der Waals surface area contributed by atoms with Crippen molar-refractivity contribution in [3.8, 4) is 45.5 Å². The van der Waals surface area contributed by atoms with E-state index in [4.69, 9.17) is 23.7 Å². The number of benzene rings is 4. The van der Waals surface area contributed by atoms with Crippen LogP contribution in [0.5, 0.6) is 23.3 Å². The predicted octanol–water partition coefficient (Wildman–Crippen LogP) is 9.05. The van der Waals surface area contributed by atoms with E-state index in [9.17, 15) is 35.1 Å². The van der Waals surface area contributed by atoms with E-state index >= 15 is 0 Å². The average molecular weight is 1040 g/mol. The number of carbonyl (C=O) groups excluding carboxylic acids is 1. The second-order valence-electron chi connectivity index (χ2n) is 22.0. The molecule has 4 aromatic carbocycles. The van der Waals surface area contributed by atoms with Gasteiger partial charge in [0.05, 0.1) is 58.1 Å². The van der Waals surface area contributed by atoms with E-state index in [-0.39, 0.29) is 75.2 Å². The SMILES string of the molecule is CCOC(=O)[C@H]1[C@@H]2Cc3cc(OCc4cccc(-c5c(C)cc(OCC(C)(CO)CO)cc5C)c4)ncc3[C@@H]21.Cc1cc(OCC(C)(CO)CO)cc(C)c1-c1cccc(COc2cc3c(cn2)[C@H]2[C@@H](C3)[C@@H]2C(=O)O)c1. The van der Waals surface area contributed by atoms with E-state index in [1.807, 2.05) is 87.6 Å². The minimum absolute atomic E-state index is 0.0115. The highest BCUT2D eigenvalue weighted by molar-refractivity contribution is 5.80. The Morgan fingerprint density at radius 2 is 0.987 bits per heavy atom. The number of ether oxygens (including phenoxy) is 5. The summed E-state index contributed by atoms with van der Waals surface area (Å²) in [6.07, 6.45) is 5.30. The van der Waals surface area contributed by atoms with Gasteiger partial charge >= 0.3 is 11.9 Å². The lowest BCUT2D eigenvalue weighted by molar-refractivity contribution is -0.145. The molecule has 0 radical (unpaired) electrons. The van der Waals surface area contributed by atoms with Crippen LogP contribution in [-0.2, 0) is 40.4 Å². The molecule has 400 valence electrons. The first-order valence-electron chi connectivity index (χ1n) is 26.2. The molecular formula is C62H70N2O12. The van der Waals surface area contributed by atoms with Crippen molar-refractivity contribution in [2.75, 3.05) is 46.2 Å². The first kappa shape index (κ1) is 54.0. The summed E-state index contributed by atoms with van der Waals surface area (Å²) in [5.41, 5.74) is 14.0. The first-order valence-corrected chi connectivity index (χ1v) is 26.2. The lowest BCUT2D eigenvalue weighted by Gasteiger charge is -2.25. The predicted molar refractivity (Wildman–Crippen MR) is 287 cm³/mol. The summed E-state index contributed by atoms with van der Waals surface area (Å²) in [7, 11) is 0. The number of carboxylic acid groups (broad SMARTS) is 1. The number of aryl methyl sites for hydroxylation is 4. The molecule has 14 heteroatoms. The molecule has 6 atom stereocenters. The Morgan fingerprint density at radius 3 is 1.38 bits per heavy atom. The normalized spacial score (nSPS) is 19.5. The van der Waals surface area contributed by atoms with Crippen LogP contribution >= 0.6 is 0 Å². The number of carbonyl (C=O) groups is 2. The summed E-state index contributed by atoms with van der Waals surface area (Å²) >= 11 is 0. The van der Waals surface area contributed by atoms with Crippen molar-refractivity contribution < 1.29 is 58.8 Å². The molecule has 4 aliphatic carbocycles. The van der Waals surface area contributed by atoms with Gasteiger partial charge in [0.2, 0.25) is 11.8 Å². The molecule has 0 bridgehead atoms. The Labute approximate surface area is 444 Å². The zero-order valence-electron chi connectivity index (χ0n) is 44.5. The standard InChI is InChI=1S/C32H37NO6.C30H33NO6/c1-5-37-31(36)30-25-12-23-13-27(33-14-26(23)29(25)30)38-15-21-7-6-8-22(11-21)28-19(2)9-24(10-20(28)3)39-18-32(4,16-34)17-35;1-17-7-22(37-16-30(3,14-32)15-33)8-18(2)26(17)20-6-4-5-19(9-20)13-36-25-11-21-10-23-27(24(21)12-31-25)28(23)29(34)35/h6-11,13-14,25,29-30,34-35H,5,12,15-18H2,1-4H3;4-9,11-12,23,27-28,32-33H,10,13-16H2,1-3H3,(H,34,35)/t25-,29-,30+;23-,27-,28+/m11/s1. The van der Waals surface area contributed by atoms with Gasteiger partial charge in [-0.1, -0.05) is 50.2 Å². The number of hydrogen-bond acceptors (Lipinski definition) is 13. The number of rotatable bonds is 21. The molecular weight excluding hydrogens is 965 g/mol. The fourth-order valence-corrected chi connectivity index (χ4v) is 11.3. The third-order valence-electron chi connectivity index (χ3n) is 15.7. The van der Waals surface area contributed by atoms with Gasteiger partial charge in [0.25, 0.3) is 0 Å². The van der Waals surface area contributed by atoms with Crippen LogP contribution in [0.25, 0.3) is 22.3 Å². The van der Waals surface area contributed by atoms with Gasteiger partial charge < -0.3 is 49.2 Å². The molecule has 76 heavy (non-hydrogen) atoms. The number of nitrogens with zero attached hydrogens (tertiary/aromatic N) is 2. The lowest BCUT2D eigenvalue weighted by atomic mass is 9.93. The maximum Gasteiger partial charge on any atom is 0.309 e. The number of aliphatic hydroxyl groups is 4. The molecule has 2 heterocycles. The van der Waals surface area contributed by atoms with Crippen molar-refractivity contribution >= 4 is 11.9 Å². The number of aromatic nitrogens is 2. The number of aliphatic carboxylic acids is 1. The van der Waals surface area contributed by atoms with Gasteiger partial charge in [0, 0.05) is 47.2 Å². The lowest BCUT2D eigenvalue weighted by Crippen LogP contribution is -2.33. The van der Waals surface area contributed by atoms with Gasteiger partial charge in [-0.15, -0.1) is 0 Å². The molecule has 5 N–H and O–H groups in total. The van der Waals surface area contributed by atoms with Gasteiger partial charge in [-0.2, -0.15) is 0 Å². The largest absolute Gasteiger partial charge is 0.493 e. The minimum atomic E-state index is -0.708. The van der Waals surface area contributed by atoms with Gasteiger partial charge in [-0.25, -0.2) is 9.97 Å². The van der Waals surface area contributed by atoms with Crippen LogP contribution in [0, 0.1) is 62.2 Å². The molecule has 10 rings (SSSR count). The number of pyridine rings is 2. The van der Waals surface area contributed by atoms with Crippen LogP contribution in [0.1, 0.15) is 88.2 Å². The molecule has 14 nitrogen and oxygen atoms in total. The molecule has 2 fully saturated rings. The number of carboxylic acids is 1. The van der Waals surface area contributed by atoms with Gasteiger partial charge in [0.15, 0.2) is 0 Å². The first-order chi connectivity index (χ1) is 36.5. The van der Waals surface area contributed by atoms with Crippen LogP contribution in [-0.4, -0.2) is 93.7 Å². The van der Waals surface area contributed by atoms with Crippen LogP contribution in [0.2, 0.25) is 0 Å². The maximum atomic E-state index is 12.1. The minimum Gasteiger partial charge on any atom is -0.493 e. The maximum absolute atomic E-state index is 12.1. The van der Waals surface area contributed by atoms with Crippen molar-refractivity contribution in [1.82, 2.24) is 9.97 Å². The summed E-state index contributed by atoms with van der Waals surface area (Å²) in [4.78, 5) is 32.4. The highest BCUT2D eigenvalue weighted by Crippen LogP contribution is 2.62. The summed E-state index contributed by atoms with van der Waals surface area (Å²) in [6, 6.07) is 28.4. The molecule has 0 unspecified atom stereocenters. The summed E-state index contributed by atoms with van der Waals surface area (Å²) in [5, 5.41) is 47.4. The smallest absolute Gasteiger partial charge is 0.309 e. The molecule has 0 saturated heterocycles. The zero-order valence-corrected chi connectivity index (χ0v) is 44.5. The van der Waals surface area contributed by atoms with E-state index in [0.717, 1.165) is 90.9 Å². The molecule has 0 spiro atoms. The Hall–Kier alpha value is -6.84. The van der Waals surface area contributed by atoms with Crippen LogP contribution in [0.3, 0.4) is 0 Å². The van der Waals surface area contributed by atoms with Crippen molar-refractivity contribution in [2.45, 2.75) is 86.4 Å². The summed E-state index contributed by atoms with van der Waals surface area (Å²) in [6.45, 7) is 14.7. The van der Waals surface area contributed by atoms with E-state index in [0.29, 0.717) is 43.2 Å².